The van der Waals surface area contributed by atoms with Crippen molar-refractivity contribution >= 4 is 45.3 Å². The number of rotatable bonds is 9. The Morgan fingerprint density at radius 1 is 0.553 bits per heavy atom. The second-order valence-corrected chi connectivity index (χ2v) is 15.7. The summed E-state index contributed by atoms with van der Waals surface area (Å²) in [4.78, 5) is 13.3. The predicted molar refractivity (Wildman–Crippen MR) is 168 cm³/mol. The van der Waals surface area contributed by atoms with Crippen molar-refractivity contribution in [3.05, 3.63) is 107 Å². The lowest BCUT2D eigenvalue weighted by Crippen LogP contribution is -2.16. The standard InChI is InChI=1S/C34H34S4/c1-2-3-4-5-6-7-16-26(38-33-23-14-10-19-29(33)36-30-20-11-15-24-34(30)38)25-37-31-21-12-8-17-27(31)35-28-18-9-13-22-32(28)37/h8-15,17-25H,2-7,16H2,1H3/q+2/b26-25+. The van der Waals surface area contributed by atoms with Crippen LogP contribution in [0, 0.1) is 0 Å². The third-order valence-electron chi connectivity index (χ3n) is 7.04. The monoisotopic (exact) mass is 570 g/mol. The van der Waals surface area contributed by atoms with Gasteiger partial charge in [0.05, 0.1) is 30.5 Å². The molecule has 192 valence electrons. The normalized spacial score (nSPS) is 14.9. The van der Waals surface area contributed by atoms with Crippen molar-refractivity contribution < 1.29 is 0 Å². The fraction of sp³-hybridized carbons (Fsp3) is 0.235. The highest BCUT2D eigenvalue weighted by atomic mass is 32.2. The van der Waals surface area contributed by atoms with Crippen LogP contribution in [0.15, 0.2) is 147 Å². The highest BCUT2D eigenvalue weighted by Crippen LogP contribution is 2.51. The molecule has 0 aliphatic carbocycles. The molecule has 0 radical (unpaired) electrons. The molecule has 0 atom stereocenters. The van der Waals surface area contributed by atoms with E-state index in [2.05, 4.69) is 109 Å². The first-order valence-electron chi connectivity index (χ1n) is 13.7. The number of hydrogen-bond donors (Lipinski definition) is 0. The number of unbranched alkanes of at least 4 members (excludes halogenated alkanes) is 5. The van der Waals surface area contributed by atoms with E-state index in [1.807, 2.05) is 23.5 Å². The van der Waals surface area contributed by atoms with Crippen LogP contribution >= 0.6 is 23.5 Å². The van der Waals surface area contributed by atoms with Gasteiger partial charge in [0.15, 0.2) is 29.9 Å². The van der Waals surface area contributed by atoms with Gasteiger partial charge < -0.3 is 0 Å². The van der Waals surface area contributed by atoms with Crippen molar-refractivity contribution in [2.75, 3.05) is 0 Å². The van der Waals surface area contributed by atoms with Crippen LogP contribution in [0.4, 0.5) is 0 Å². The van der Waals surface area contributed by atoms with Crippen molar-refractivity contribution in [1.29, 1.82) is 0 Å². The second-order valence-electron chi connectivity index (χ2n) is 9.74. The van der Waals surface area contributed by atoms with Gasteiger partial charge in [-0.3, -0.25) is 0 Å². The minimum Gasteiger partial charge on any atom is -0.0795 e. The van der Waals surface area contributed by atoms with Crippen molar-refractivity contribution in [2.24, 2.45) is 0 Å². The van der Waals surface area contributed by atoms with E-state index < -0.39 is 0 Å². The molecule has 6 rings (SSSR count). The van der Waals surface area contributed by atoms with E-state index in [1.54, 1.807) is 4.91 Å². The van der Waals surface area contributed by atoms with Gasteiger partial charge in [0.2, 0.25) is 0 Å². The van der Waals surface area contributed by atoms with Crippen LogP contribution in [0.2, 0.25) is 0 Å². The average Bonchev–Trinajstić information content (AvgIpc) is 2.96. The van der Waals surface area contributed by atoms with Crippen LogP contribution in [0.3, 0.4) is 0 Å². The van der Waals surface area contributed by atoms with Gasteiger partial charge >= 0.3 is 0 Å². The van der Waals surface area contributed by atoms with Crippen LogP contribution in [0.1, 0.15) is 51.9 Å². The topological polar surface area (TPSA) is 0 Å². The Labute approximate surface area is 242 Å². The molecule has 0 amide bonds. The Hall–Kier alpha value is -1.98. The van der Waals surface area contributed by atoms with Gasteiger partial charge in [-0.1, -0.05) is 111 Å². The highest BCUT2D eigenvalue weighted by Gasteiger charge is 2.43. The first kappa shape index (κ1) is 26.3. The molecule has 0 saturated heterocycles. The molecule has 0 saturated carbocycles. The number of hydrogen-bond acceptors (Lipinski definition) is 2. The van der Waals surface area contributed by atoms with Gasteiger partial charge in [-0.05, 0) is 55.0 Å². The molecule has 0 spiro atoms. The number of allylic oxidation sites excluding steroid dienone is 1. The Kier molecular flexibility index (Phi) is 8.61. The van der Waals surface area contributed by atoms with E-state index in [9.17, 15) is 0 Å². The smallest absolute Gasteiger partial charge is 0.0795 e. The zero-order valence-corrected chi connectivity index (χ0v) is 25.2. The van der Waals surface area contributed by atoms with E-state index in [1.165, 1.54) is 84.1 Å². The Morgan fingerprint density at radius 3 is 1.50 bits per heavy atom. The summed E-state index contributed by atoms with van der Waals surface area (Å²) in [7, 11) is -0.129. The molecule has 0 nitrogen and oxygen atoms in total. The van der Waals surface area contributed by atoms with E-state index in [0.29, 0.717) is 0 Å². The predicted octanol–water partition coefficient (Wildman–Crippen LogP) is 11.0. The SMILES string of the molecule is CCCCCCCC/C(=C\[S+]1c2ccccc2Sc2ccccc21)[S+]1c2ccccc2Sc2ccccc21. The summed E-state index contributed by atoms with van der Waals surface area (Å²) in [5, 5.41) is 2.70. The third-order valence-corrected chi connectivity index (χ3v) is 14.6. The largest absolute Gasteiger partial charge is 0.191 e. The van der Waals surface area contributed by atoms with Gasteiger partial charge in [0.25, 0.3) is 0 Å². The summed E-state index contributed by atoms with van der Waals surface area (Å²) < 4.78 is 0. The summed E-state index contributed by atoms with van der Waals surface area (Å²) in [5.41, 5.74) is 0. The van der Waals surface area contributed by atoms with Crippen molar-refractivity contribution in [3.63, 3.8) is 0 Å². The minimum atomic E-state index is -0.0729. The summed E-state index contributed by atoms with van der Waals surface area (Å²) in [6.07, 6.45) is 9.15. The van der Waals surface area contributed by atoms with Gasteiger partial charge in [-0.2, -0.15) is 0 Å². The van der Waals surface area contributed by atoms with Crippen LogP contribution < -0.4 is 0 Å². The fourth-order valence-electron chi connectivity index (χ4n) is 5.14. The van der Waals surface area contributed by atoms with E-state index in [-0.39, 0.29) is 21.8 Å². The highest BCUT2D eigenvalue weighted by molar-refractivity contribution is 8.07. The first-order chi connectivity index (χ1) is 18.8. The minimum absolute atomic E-state index is 0.0560. The second kappa shape index (κ2) is 12.5. The fourth-order valence-corrected chi connectivity index (χ4v) is 13.1. The van der Waals surface area contributed by atoms with Crippen LogP contribution in [0.5, 0.6) is 0 Å². The molecule has 2 heterocycles. The summed E-state index contributed by atoms with van der Waals surface area (Å²) in [5.74, 6) is 0. The molecule has 0 fully saturated rings. The van der Waals surface area contributed by atoms with Gasteiger partial charge in [0.1, 0.15) is 10.9 Å². The lowest BCUT2D eigenvalue weighted by Gasteiger charge is -2.21. The molecule has 0 N–H and O–H groups in total. The average molecular weight is 571 g/mol. The molecule has 4 heteroatoms. The molecule has 4 aromatic rings. The maximum Gasteiger partial charge on any atom is 0.191 e. The summed E-state index contributed by atoms with van der Waals surface area (Å²) in [6, 6.07) is 36.4. The van der Waals surface area contributed by atoms with E-state index in [0.717, 1.165) is 0 Å². The zero-order valence-electron chi connectivity index (χ0n) is 21.9. The maximum absolute atomic E-state index is 2.70. The number of fused-ring (bicyclic) bond motifs is 4. The molecular weight excluding hydrogens is 537 g/mol. The molecule has 4 aromatic carbocycles. The van der Waals surface area contributed by atoms with E-state index in [4.69, 9.17) is 0 Å². The van der Waals surface area contributed by atoms with Gasteiger partial charge in [-0.25, -0.2) is 0 Å². The maximum atomic E-state index is 2.70. The lowest BCUT2D eigenvalue weighted by atomic mass is 10.1. The van der Waals surface area contributed by atoms with E-state index >= 15 is 0 Å². The van der Waals surface area contributed by atoms with Gasteiger partial charge in [-0.15, -0.1) is 0 Å². The van der Waals surface area contributed by atoms with Crippen LogP contribution in [-0.2, 0) is 21.8 Å². The molecule has 0 aromatic heterocycles. The molecule has 38 heavy (non-hydrogen) atoms. The quantitative estimate of drug-likeness (QED) is 0.145. The Bertz CT molecular complexity index is 1350. The summed E-state index contributed by atoms with van der Waals surface area (Å²) in [6.45, 7) is 2.30. The number of benzene rings is 4. The molecule has 0 unspecified atom stereocenters. The van der Waals surface area contributed by atoms with Crippen molar-refractivity contribution in [1.82, 2.24) is 0 Å². The van der Waals surface area contributed by atoms with Gasteiger partial charge in [0, 0.05) is 6.42 Å². The van der Waals surface area contributed by atoms with Crippen LogP contribution in [-0.4, -0.2) is 0 Å². The third kappa shape index (κ3) is 5.51. The summed E-state index contributed by atoms with van der Waals surface area (Å²) >= 11 is 3.87. The molecular formula is C34H34S4+2. The zero-order chi connectivity index (χ0) is 25.7. The molecule has 0 bridgehead atoms. The molecule has 2 aliphatic heterocycles. The molecule has 2 aliphatic rings. The van der Waals surface area contributed by atoms with Crippen molar-refractivity contribution in [2.45, 2.75) is 91.0 Å². The lowest BCUT2D eigenvalue weighted by molar-refractivity contribution is 0.610. The van der Waals surface area contributed by atoms with Crippen molar-refractivity contribution in [3.8, 4) is 0 Å². The Morgan fingerprint density at radius 2 is 0.974 bits per heavy atom. The first-order valence-corrected chi connectivity index (χ1v) is 17.9. The Balaban J connectivity index is 1.45. The van der Waals surface area contributed by atoms with Crippen LogP contribution in [0.25, 0.3) is 0 Å².